The quantitative estimate of drug-likeness (QED) is 0.760. The van der Waals surface area contributed by atoms with Gasteiger partial charge in [0.15, 0.2) is 0 Å². The standard InChI is InChI=1S/C7H7BrN2O2/c8-6-3-5(1-2-9-6)4-10-7(11)12/h1-3,10H,4H2,(H,11,12). The van der Waals surface area contributed by atoms with Crippen LogP contribution in [0, 0.1) is 0 Å². The summed E-state index contributed by atoms with van der Waals surface area (Å²) in [6.45, 7) is 0.302. The number of rotatable bonds is 2. The Labute approximate surface area is 77.8 Å². The number of carboxylic acid groups (broad SMARTS) is 1. The van der Waals surface area contributed by atoms with E-state index in [-0.39, 0.29) is 0 Å². The Kier molecular flexibility index (Phi) is 3.04. The van der Waals surface area contributed by atoms with Gasteiger partial charge in [-0.1, -0.05) is 0 Å². The highest BCUT2D eigenvalue weighted by atomic mass is 79.9. The molecule has 0 aliphatic heterocycles. The van der Waals surface area contributed by atoms with Gasteiger partial charge in [-0.25, -0.2) is 9.78 Å². The molecule has 0 fully saturated rings. The monoisotopic (exact) mass is 230 g/mol. The molecular weight excluding hydrogens is 224 g/mol. The Hall–Kier alpha value is -1.10. The van der Waals surface area contributed by atoms with E-state index in [1.807, 2.05) is 0 Å². The second-order valence-corrected chi connectivity index (χ2v) is 2.96. The molecule has 1 heterocycles. The van der Waals surface area contributed by atoms with Gasteiger partial charge in [-0.2, -0.15) is 0 Å². The maximum atomic E-state index is 10.1. The fraction of sp³-hybridized carbons (Fsp3) is 0.143. The van der Waals surface area contributed by atoms with Gasteiger partial charge in [-0.15, -0.1) is 0 Å². The number of hydrogen-bond acceptors (Lipinski definition) is 2. The van der Waals surface area contributed by atoms with Crippen LogP contribution in [0.5, 0.6) is 0 Å². The summed E-state index contributed by atoms with van der Waals surface area (Å²) in [7, 11) is 0. The van der Waals surface area contributed by atoms with E-state index in [0.29, 0.717) is 11.1 Å². The normalized spacial score (nSPS) is 9.42. The minimum absolute atomic E-state index is 0.302. The lowest BCUT2D eigenvalue weighted by Crippen LogP contribution is -2.19. The van der Waals surface area contributed by atoms with Crippen molar-refractivity contribution in [2.75, 3.05) is 0 Å². The number of hydrogen-bond donors (Lipinski definition) is 2. The first-order valence-corrected chi connectivity index (χ1v) is 4.05. The molecule has 0 aromatic carbocycles. The van der Waals surface area contributed by atoms with Crippen molar-refractivity contribution in [3.63, 3.8) is 0 Å². The van der Waals surface area contributed by atoms with E-state index >= 15 is 0 Å². The molecule has 0 aliphatic carbocycles. The van der Waals surface area contributed by atoms with Crippen molar-refractivity contribution in [2.45, 2.75) is 6.54 Å². The Balaban J connectivity index is 2.57. The molecule has 1 aromatic heterocycles. The number of amides is 1. The molecule has 1 amide bonds. The van der Waals surface area contributed by atoms with Crippen LogP contribution in [0.2, 0.25) is 0 Å². The van der Waals surface area contributed by atoms with Crippen molar-refractivity contribution in [3.05, 3.63) is 28.5 Å². The van der Waals surface area contributed by atoms with Crippen LogP contribution in [0.3, 0.4) is 0 Å². The van der Waals surface area contributed by atoms with Gasteiger partial charge in [0, 0.05) is 12.7 Å². The van der Waals surface area contributed by atoms with E-state index in [9.17, 15) is 4.79 Å². The van der Waals surface area contributed by atoms with Crippen LogP contribution in [-0.4, -0.2) is 16.2 Å². The number of nitrogens with zero attached hydrogens (tertiary/aromatic N) is 1. The molecule has 2 N–H and O–H groups in total. The maximum Gasteiger partial charge on any atom is 0.404 e. The highest BCUT2D eigenvalue weighted by Gasteiger charge is 1.96. The van der Waals surface area contributed by atoms with Gasteiger partial charge >= 0.3 is 6.09 Å². The lowest BCUT2D eigenvalue weighted by Gasteiger charge is -2.00. The van der Waals surface area contributed by atoms with Crippen LogP contribution in [0.4, 0.5) is 4.79 Å². The second-order valence-electron chi connectivity index (χ2n) is 2.15. The zero-order chi connectivity index (χ0) is 8.97. The van der Waals surface area contributed by atoms with Gasteiger partial charge in [-0.3, -0.25) is 0 Å². The SMILES string of the molecule is O=C(O)NCc1ccnc(Br)c1. The molecule has 0 aliphatic rings. The maximum absolute atomic E-state index is 10.1. The Morgan fingerprint density at radius 2 is 2.50 bits per heavy atom. The zero-order valence-corrected chi connectivity index (χ0v) is 7.71. The molecule has 0 unspecified atom stereocenters. The lowest BCUT2D eigenvalue weighted by atomic mass is 10.3. The van der Waals surface area contributed by atoms with Crippen molar-refractivity contribution in [1.82, 2.24) is 10.3 Å². The molecule has 0 saturated carbocycles. The average molecular weight is 231 g/mol. The van der Waals surface area contributed by atoms with Gasteiger partial charge in [0.25, 0.3) is 0 Å². The van der Waals surface area contributed by atoms with Crippen molar-refractivity contribution in [3.8, 4) is 0 Å². The molecule has 64 valence electrons. The summed E-state index contributed by atoms with van der Waals surface area (Å²) in [6, 6.07) is 3.51. The van der Waals surface area contributed by atoms with E-state index in [2.05, 4.69) is 26.2 Å². The Morgan fingerprint density at radius 3 is 3.08 bits per heavy atom. The third-order valence-corrected chi connectivity index (χ3v) is 1.67. The highest BCUT2D eigenvalue weighted by Crippen LogP contribution is 2.07. The number of nitrogens with one attached hydrogen (secondary N) is 1. The summed E-state index contributed by atoms with van der Waals surface area (Å²) in [5.74, 6) is 0. The molecule has 0 atom stereocenters. The van der Waals surface area contributed by atoms with Gasteiger partial charge < -0.3 is 10.4 Å². The first-order chi connectivity index (χ1) is 5.68. The largest absolute Gasteiger partial charge is 0.465 e. The number of halogens is 1. The first kappa shape index (κ1) is 8.99. The van der Waals surface area contributed by atoms with Gasteiger partial charge in [0.05, 0.1) is 0 Å². The molecule has 0 spiro atoms. The van der Waals surface area contributed by atoms with Crippen LogP contribution >= 0.6 is 15.9 Å². The predicted molar refractivity (Wildman–Crippen MR) is 46.8 cm³/mol. The fourth-order valence-corrected chi connectivity index (χ4v) is 1.14. The summed E-state index contributed by atoms with van der Waals surface area (Å²) in [5, 5.41) is 10.6. The molecule has 1 aromatic rings. The molecule has 0 saturated heterocycles. The molecular formula is C7H7BrN2O2. The topological polar surface area (TPSA) is 62.2 Å². The number of carbonyl (C=O) groups is 1. The molecule has 0 radical (unpaired) electrons. The van der Waals surface area contributed by atoms with E-state index in [0.717, 1.165) is 5.56 Å². The fourth-order valence-electron chi connectivity index (χ4n) is 0.730. The smallest absolute Gasteiger partial charge is 0.404 e. The summed E-state index contributed by atoms with van der Waals surface area (Å²) in [6.07, 6.45) is 0.589. The lowest BCUT2D eigenvalue weighted by molar-refractivity contribution is 0.194. The van der Waals surface area contributed by atoms with E-state index in [4.69, 9.17) is 5.11 Å². The van der Waals surface area contributed by atoms with Crippen LogP contribution < -0.4 is 5.32 Å². The van der Waals surface area contributed by atoms with E-state index < -0.39 is 6.09 Å². The molecule has 0 bridgehead atoms. The third-order valence-electron chi connectivity index (χ3n) is 1.23. The molecule has 12 heavy (non-hydrogen) atoms. The summed E-state index contributed by atoms with van der Waals surface area (Å²) in [4.78, 5) is 14.0. The van der Waals surface area contributed by atoms with Crippen LogP contribution in [0.15, 0.2) is 22.9 Å². The van der Waals surface area contributed by atoms with Crippen LogP contribution in [0.1, 0.15) is 5.56 Å². The molecule has 5 heteroatoms. The minimum Gasteiger partial charge on any atom is -0.465 e. The first-order valence-electron chi connectivity index (χ1n) is 3.25. The van der Waals surface area contributed by atoms with Crippen molar-refractivity contribution < 1.29 is 9.90 Å². The van der Waals surface area contributed by atoms with Crippen molar-refractivity contribution >= 4 is 22.0 Å². The Bertz CT molecular complexity index is 290. The van der Waals surface area contributed by atoms with E-state index in [1.165, 1.54) is 0 Å². The predicted octanol–water partition coefficient (Wildman–Crippen LogP) is 1.61. The van der Waals surface area contributed by atoms with Crippen molar-refractivity contribution in [1.29, 1.82) is 0 Å². The molecule has 1 rings (SSSR count). The summed E-state index contributed by atoms with van der Waals surface area (Å²) in [5.41, 5.74) is 0.874. The summed E-state index contributed by atoms with van der Waals surface area (Å²) < 4.78 is 0.701. The number of aromatic nitrogens is 1. The van der Waals surface area contributed by atoms with E-state index in [1.54, 1.807) is 18.3 Å². The van der Waals surface area contributed by atoms with Crippen LogP contribution in [-0.2, 0) is 6.54 Å². The zero-order valence-electron chi connectivity index (χ0n) is 6.12. The molecule has 4 nitrogen and oxygen atoms in total. The third kappa shape index (κ3) is 2.87. The van der Waals surface area contributed by atoms with Gasteiger partial charge in [0.1, 0.15) is 4.60 Å². The highest BCUT2D eigenvalue weighted by molar-refractivity contribution is 9.10. The second kappa shape index (κ2) is 4.06. The van der Waals surface area contributed by atoms with Gasteiger partial charge in [0.2, 0.25) is 0 Å². The summed E-state index contributed by atoms with van der Waals surface area (Å²) >= 11 is 3.18. The van der Waals surface area contributed by atoms with Crippen molar-refractivity contribution in [2.24, 2.45) is 0 Å². The van der Waals surface area contributed by atoms with Crippen LogP contribution in [0.25, 0.3) is 0 Å². The average Bonchev–Trinajstić information content (AvgIpc) is 2.01. The Morgan fingerprint density at radius 1 is 1.75 bits per heavy atom. The van der Waals surface area contributed by atoms with Gasteiger partial charge in [-0.05, 0) is 33.6 Å². The number of pyridine rings is 1. The minimum atomic E-state index is -1.03.